The second-order valence-corrected chi connectivity index (χ2v) is 6.97. The van der Waals surface area contributed by atoms with Crippen LogP contribution in [0.1, 0.15) is 51.0 Å². The summed E-state index contributed by atoms with van der Waals surface area (Å²) in [6.45, 7) is 6.14. The third-order valence-electron chi connectivity index (χ3n) is 5.66. The number of nitrogens with one attached hydrogen (secondary N) is 1. The first-order chi connectivity index (χ1) is 10.7. The molecule has 0 spiro atoms. The molecule has 1 amide bonds. The summed E-state index contributed by atoms with van der Waals surface area (Å²) in [4.78, 5) is 15.0. The first kappa shape index (κ1) is 18.3. The maximum absolute atomic E-state index is 12.9. The van der Waals surface area contributed by atoms with Gasteiger partial charge in [0.25, 0.3) is 0 Å². The van der Waals surface area contributed by atoms with Gasteiger partial charge in [0, 0.05) is 31.1 Å². The average molecular weight is 337 g/mol. The highest BCUT2D eigenvalue weighted by Crippen LogP contribution is 2.36. The molecule has 1 saturated carbocycles. The standard InChI is InChI=1S/C19H28N2O.ClH/c1-14-15(2)21(13-12-20-14)19(22)18-10-8-17(9-11-18)16-6-4-3-5-7-16;/h3-7,14-15,17-18,20H,8-13H2,1-2H3;1H. The van der Waals surface area contributed by atoms with Gasteiger partial charge in [-0.25, -0.2) is 0 Å². The van der Waals surface area contributed by atoms with Crippen LogP contribution in [-0.2, 0) is 4.79 Å². The van der Waals surface area contributed by atoms with Crippen LogP contribution >= 0.6 is 12.4 Å². The summed E-state index contributed by atoms with van der Waals surface area (Å²) in [6, 6.07) is 11.5. The van der Waals surface area contributed by atoms with E-state index in [4.69, 9.17) is 0 Å². The van der Waals surface area contributed by atoms with Gasteiger partial charge in [0.05, 0.1) is 0 Å². The molecule has 4 heteroatoms. The quantitative estimate of drug-likeness (QED) is 0.895. The Kier molecular flexibility index (Phi) is 6.49. The predicted molar refractivity (Wildman–Crippen MR) is 97.0 cm³/mol. The highest BCUT2D eigenvalue weighted by Gasteiger charge is 2.34. The molecule has 128 valence electrons. The smallest absolute Gasteiger partial charge is 0.226 e. The van der Waals surface area contributed by atoms with Crippen molar-refractivity contribution in [1.82, 2.24) is 10.2 Å². The maximum Gasteiger partial charge on any atom is 0.226 e. The minimum absolute atomic E-state index is 0. The molecule has 1 aromatic rings. The van der Waals surface area contributed by atoms with Crippen molar-refractivity contribution in [3.05, 3.63) is 35.9 Å². The lowest BCUT2D eigenvalue weighted by molar-refractivity contribution is -0.140. The molecule has 0 radical (unpaired) electrons. The van der Waals surface area contributed by atoms with Gasteiger partial charge >= 0.3 is 0 Å². The number of rotatable bonds is 2. The molecule has 1 aromatic carbocycles. The Morgan fingerprint density at radius 3 is 2.39 bits per heavy atom. The van der Waals surface area contributed by atoms with Crippen molar-refractivity contribution in [2.45, 2.75) is 57.5 Å². The topological polar surface area (TPSA) is 32.3 Å². The van der Waals surface area contributed by atoms with Crippen LogP contribution in [-0.4, -0.2) is 36.0 Å². The molecule has 1 heterocycles. The van der Waals surface area contributed by atoms with Crippen LogP contribution in [0.25, 0.3) is 0 Å². The molecule has 1 saturated heterocycles. The fourth-order valence-corrected chi connectivity index (χ4v) is 4.00. The van der Waals surface area contributed by atoms with Crippen molar-refractivity contribution >= 4 is 18.3 Å². The van der Waals surface area contributed by atoms with Crippen LogP contribution in [0.3, 0.4) is 0 Å². The summed E-state index contributed by atoms with van der Waals surface area (Å²) in [5, 5.41) is 3.45. The number of carbonyl (C=O) groups is 1. The lowest BCUT2D eigenvalue weighted by atomic mass is 9.78. The zero-order chi connectivity index (χ0) is 15.5. The highest BCUT2D eigenvalue weighted by molar-refractivity contribution is 5.85. The summed E-state index contributed by atoms with van der Waals surface area (Å²) in [6.07, 6.45) is 4.39. The number of hydrogen-bond donors (Lipinski definition) is 1. The lowest BCUT2D eigenvalue weighted by Gasteiger charge is -2.41. The molecule has 3 nitrogen and oxygen atoms in total. The normalized spacial score (nSPS) is 31.3. The van der Waals surface area contributed by atoms with Crippen LogP contribution in [0, 0.1) is 5.92 Å². The van der Waals surface area contributed by atoms with E-state index in [9.17, 15) is 4.79 Å². The van der Waals surface area contributed by atoms with Crippen LogP contribution in [0.15, 0.2) is 30.3 Å². The molecule has 2 aliphatic rings. The van der Waals surface area contributed by atoms with E-state index in [2.05, 4.69) is 54.4 Å². The number of carbonyl (C=O) groups excluding carboxylic acids is 1. The lowest BCUT2D eigenvalue weighted by Crippen LogP contribution is -2.58. The average Bonchev–Trinajstić information content (AvgIpc) is 2.58. The molecular weight excluding hydrogens is 308 g/mol. The molecule has 0 bridgehead atoms. The minimum Gasteiger partial charge on any atom is -0.337 e. The van der Waals surface area contributed by atoms with E-state index in [0.717, 1.165) is 38.8 Å². The van der Waals surface area contributed by atoms with E-state index >= 15 is 0 Å². The van der Waals surface area contributed by atoms with E-state index in [0.29, 0.717) is 23.9 Å². The molecule has 2 unspecified atom stereocenters. The fraction of sp³-hybridized carbons (Fsp3) is 0.632. The molecular formula is C19H29ClN2O. The Morgan fingerprint density at radius 2 is 1.74 bits per heavy atom. The number of benzene rings is 1. The van der Waals surface area contributed by atoms with Crippen LogP contribution in [0.4, 0.5) is 0 Å². The zero-order valence-corrected chi connectivity index (χ0v) is 15.0. The summed E-state index contributed by atoms with van der Waals surface area (Å²) < 4.78 is 0. The molecule has 1 N–H and O–H groups in total. The summed E-state index contributed by atoms with van der Waals surface area (Å²) in [7, 11) is 0. The predicted octanol–water partition coefficient (Wildman–Crippen LogP) is 3.59. The molecule has 2 atom stereocenters. The first-order valence-electron chi connectivity index (χ1n) is 8.75. The van der Waals surface area contributed by atoms with Crippen molar-refractivity contribution in [2.24, 2.45) is 5.92 Å². The Hall–Kier alpha value is -1.06. The van der Waals surface area contributed by atoms with Crippen molar-refractivity contribution in [2.75, 3.05) is 13.1 Å². The first-order valence-corrected chi connectivity index (χ1v) is 8.75. The molecule has 0 aromatic heterocycles. The van der Waals surface area contributed by atoms with Crippen LogP contribution in [0.5, 0.6) is 0 Å². The number of piperazine rings is 1. The number of hydrogen-bond acceptors (Lipinski definition) is 2. The third-order valence-corrected chi connectivity index (χ3v) is 5.66. The van der Waals surface area contributed by atoms with Gasteiger partial charge in [-0.1, -0.05) is 30.3 Å². The second-order valence-electron chi connectivity index (χ2n) is 6.97. The van der Waals surface area contributed by atoms with Crippen LogP contribution in [0.2, 0.25) is 0 Å². The van der Waals surface area contributed by atoms with Gasteiger partial charge in [-0.15, -0.1) is 12.4 Å². The molecule has 1 aliphatic carbocycles. The van der Waals surface area contributed by atoms with E-state index in [1.165, 1.54) is 5.56 Å². The van der Waals surface area contributed by atoms with Gasteiger partial charge in [-0.3, -0.25) is 4.79 Å². The fourth-order valence-electron chi connectivity index (χ4n) is 4.00. The summed E-state index contributed by atoms with van der Waals surface area (Å²) >= 11 is 0. The SMILES string of the molecule is CC1NCCN(C(=O)C2CCC(c3ccccc3)CC2)C1C.Cl. The van der Waals surface area contributed by atoms with E-state index in [1.54, 1.807) is 0 Å². The number of halogens is 1. The number of amides is 1. The molecule has 2 fully saturated rings. The van der Waals surface area contributed by atoms with E-state index < -0.39 is 0 Å². The van der Waals surface area contributed by atoms with Gasteiger partial charge in [-0.05, 0) is 51.0 Å². The van der Waals surface area contributed by atoms with E-state index in [1.807, 2.05) is 0 Å². The van der Waals surface area contributed by atoms with Crippen molar-refractivity contribution in [1.29, 1.82) is 0 Å². The number of nitrogens with zero attached hydrogens (tertiary/aromatic N) is 1. The Labute approximate surface area is 146 Å². The van der Waals surface area contributed by atoms with Gasteiger partial charge < -0.3 is 10.2 Å². The monoisotopic (exact) mass is 336 g/mol. The Morgan fingerprint density at radius 1 is 1.09 bits per heavy atom. The Bertz CT molecular complexity index is 499. The van der Waals surface area contributed by atoms with Gasteiger partial charge in [0.2, 0.25) is 5.91 Å². The maximum atomic E-state index is 12.9. The van der Waals surface area contributed by atoms with Crippen LogP contribution < -0.4 is 5.32 Å². The van der Waals surface area contributed by atoms with Gasteiger partial charge in [-0.2, -0.15) is 0 Å². The largest absolute Gasteiger partial charge is 0.337 e. The van der Waals surface area contributed by atoms with Gasteiger partial charge in [0.15, 0.2) is 0 Å². The summed E-state index contributed by atoms with van der Waals surface area (Å²) in [5.74, 6) is 1.28. The van der Waals surface area contributed by atoms with Crippen molar-refractivity contribution in [3.63, 3.8) is 0 Å². The molecule has 1 aliphatic heterocycles. The third kappa shape index (κ3) is 4.07. The Balaban J connectivity index is 0.00000192. The minimum atomic E-state index is 0. The van der Waals surface area contributed by atoms with Gasteiger partial charge in [0.1, 0.15) is 0 Å². The highest BCUT2D eigenvalue weighted by atomic mass is 35.5. The van der Waals surface area contributed by atoms with Crippen molar-refractivity contribution < 1.29 is 4.79 Å². The molecule has 3 rings (SSSR count). The van der Waals surface area contributed by atoms with E-state index in [-0.39, 0.29) is 18.3 Å². The second kappa shape index (κ2) is 8.16. The van der Waals surface area contributed by atoms with Crippen molar-refractivity contribution in [3.8, 4) is 0 Å². The zero-order valence-electron chi connectivity index (χ0n) is 14.2. The molecule has 23 heavy (non-hydrogen) atoms. The summed E-state index contributed by atoms with van der Waals surface area (Å²) in [5.41, 5.74) is 1.44.